The summed E-state index contributed by atoms with van der Waals surface area (Å²) in [6.45, 7) is 2.03. The third-order valence-corrected chi connectivity index (χ3v) is 3.31. The number of fused-ring (bicyclic) bond motifs is 1. The van der Waals surface area contributed by atoms with Crippen LogP contribution in [0.2, 0.25) is 10.0 Å². The maximum absolute atomic E-state index is 11.7. The van der Waals surface area contributed by atoms with Crippen molar-refractivity contribution in [3.05, 3.63) is 33.3 Å². The van der Waals surface area contributed by atoms with Gasteiger partial charge in [-0.3, -0.25) is 0 Å². The fourth-order valence-electron chi connectivity index (χ4n) is 1.68. The van der Waals surface area contributed by atoms with E-state index >= 15 is 0 Å². The van der Waals surface area contributed by atoms with Crippen LogP contribution in [0.3, 0.4) is 0 Å². The van der Waals surface area contributed by atoms with E-state index in [0.717, 1.165) is 0 Å². The predicted molar refractivity (Wildman–Crippen MR) is 74.3 cm³/mol. The molecule has 1 N–H and O–H groups in total. The number of anilines is 1. The second kappa shape index (κ2) is 5.39. The number of hydrogen-bond acceptors (Lipinski definition) is 3. The van der Waals surface area contributed by atoms with Crippen LogP contribution in [-0.4, -0.2) is 18.1 Å². The summed E-state index contributed by atoms with van der Waals surface area (Å²) in [5, 5.41) is 3.90. The molecular formula is C12H10Cl3NO2. The van der Waals surface area contributed by atoms with Crippen LogP contribution in [0, 0.1) is 0 Å². The van der Waals surface area contributed by atoms with Crippen LogP contribution in [0.1, 0.15) is 12.5 Å². The smallest absolute Gasteiger partial charge is 0.337 e. The fourth-order valence-corrected chi connectivity index (χ4v) is 2.51. The minimum Gasteiger partial charge on any atom is -0.463 e. The first-order valence-corrected chi connectivity index (χ1v) is 6.50. The minimum atomic E-state index is -0.671. The van der Waals surface area contributed by atoms with E-state index < -0.39 is 11.5 Å². The van der Waals surface area contributed by atoms with E-state index in [1.54, 1.807) is 25.1 Å². The number of alkyl halides is 1. The largest absolute Gasteiger partial charge is 0.463 e. The quantitative estimate of drug-likeness (QED) is 0.511. The monoisotopic (exact) mass is 305 g/mol. The highest BCUT2D eigenvalue weighted by atomic mass is 35.5. The van der Waals surface area contributed by atoms with Crippen molar-refractivity contribution in [1.29, 1.82) is 0 Å². The Morgan fingerprint density at radius 2 is 2.17 bits per heavy atom. The van der Waals surface area contributed by atoms with Gasteiger partial charge < -0.3 is 10.1 Å². The van der Waals surface area contributed by atoms with E-state index in [0.29, 0.717) is 33.5 Å². The molecule has 1 aromatic rings. The molecule has 1 unspecified atom stereocenters. The molecule has 96 valence electrons. The molecule has 1 aromatic carbocycles. The molecule has 0 spiro atoms. The van der Waals surface area contributed by atoms with E-state index in [2.05, 4.69) is 5.32 Å². The molecule has 1 heterocycles. The Bertz CT molecular complexity index is 528. The van der Waals surface area contributed by atoms with Gasteiger partial charge in [-0.25, -0.2) is 4.79 Å². The number of benzene rings is 1. The van der Waals surface area contributed by atoms with Crippen LogP contribution >= 0.6 is 34.8 Å². The van der Waals surface area contributed by atoms with Crippen molar-refractivity contribution < 1.29 is 9.53 Å². The lowest BCUT2D eigenvalue weighted by atomic mass is 10.0. The van der Waals surface area contributed by atoms with Gasteiger partial charge in [-0.05, 0) is 25.1 Å². The second-order valence-corrected chi connectivity index (χ2v) is 4.96. The molecular weight excluding hydrogens is 296 g/mol. The third-order valence-electron chi connectivity index (χ3n) is 2.45. The van der Waals surface area contributed by atoms with Crippen LogP contribution in [0.4, 0.5) is 5.69 Å². The zero-order valence-corrected chi connectivity index (χ0v) is 11.7. The van der Waals surface area contributed by atoms with Crippen molar-refractivity contribution in [3.63, 3.8) is 0 Å². The Kier molecular flexibility index (Phi) is 4.05. The average molecular weight is 307 g/mol. The lowest BCUT2D eigenvalue weighted by molar-refractivity contribution is -0.138. The number of ether oxygens (including phenoxy) is 1. The van der Waals surface area contributed by atoms with Gasteiger partial charge in [0.15, 0.2) is 0 Å². The van der Waals surface area contributed by atoms with Gasteiger partial charge in [-0.2, -0.15) is 0 Å². The van der Waals surface area contributed by atoms with E-state index in [9.17, 15) is 4.79 Å². The van der Waals surface area contributed by atoms with Crippen molar-refractivity contribution in [2.24, 2.45) is 0 Å². The van der Waals surface area contributed by atoms with Gasteiger partial charge in [-0.15, -0.1) is 0 Å². The van der Waals surface area contributed by atoms with Crippen molar-refractivity contribution in [2.45, 2.75) is 12.4 Å². The molecule has 1 aliphatic heterocycles. The molecule has 1 aliphatic rings. The molecule has 0 aromatic heterocycles. The van der Waals surface area contributed by atoms with Crippen LogP contribution in [0.15, 0.2) is 17.7 Å². The highest BCUT2D eigenvalue weighted by molar-refractivity contribution is 6.37. The van der Waals surface area contributed by atoms with Crippen LogP contribution < -0.4 is 5.32 Å². The summed E-state index contributed by atoms with van der Waals surface area (Å²) in [6, 6.07) is 3.32. The van der Waals surface area contributed by atoms with E-state index in [1.165, 1.54) is 0 Å². The topological polar surface area (TPSA) is 38.3 Å². The molecule has 0 bridgehead atoms. The number of rotatable bonds is 2. The van der Waals surface area contributed by atoms with Gasteiger partial charge >= 0.3 is 5.97 Å². The Morgan fingerprint density at radius 1 is 1.44 bits per heavy atom. The van der Waals surface area contributed by atoms with Gasteiger partial charge in [0.2, 0.25) is 0 Å². The molecule has 0 saturated heterocycles. The normalized spacial score (nSPS) is 17.6. The number of nitrogens with one attached hydrogen (secondary N) is 1. The van der Waals surface area contributed by atoms with Gasteiger partial charge in [0.1, 0.15) is 5.50 Å². The molecule has 18 heavy (non-hydrogen) atoms. The minimum absolute atomic E-state index is 0.295. The Balaban J connectivity index is 2.45. The zero-order valence-electron chi connectivity index (χ0n) is 9.47. The maximum Gasteiger partial charge on any atom is 0.337 e. The summed E-state index contributed by atoms with van der Waals surface area (Å²) in [6.07, 6.45) is 1.64. The Hall–Kier alpha value is -0.900. The standard InChI is InChI=1S/C12H10Cl3NO2/c1-2-18-12(17)8-4-6-3-7(13)5-9(14)10(6)16-11(8)15/h3-5,11,16H,2H2,1H3. The van der Waals surface area contributed by atoms with E-state index in [4.69, 9.17) is 39.5 Å². The number of carbonyl (C=O) groups excluding carboxylic acids is 1. The second-order valence-electron chi connectivity index (χ2n) is 3.68. The van der Waals surface area contributed by atoms with Crippen molar-refractivity contribution in [3.8, 4) is 0 Å². The molecule has 0 aliphatic carbocycles. The highest BCUT2D eigenvalue weighted by Crippen LogP contribution is 2.37. The molecule has 0 amide bonds. The van der Waals surface area contributed by atoms with Gasteiger partial charge in [-0.1, -0.05) is 34.8 Å². The first-order chi connectivity index (χ1) is 8.52. The van der Waals surface area contributed by atoms with Gasteiger partial charge in [0.05, 0.1) is 22.9 Å². The molecule has 1 atom stereocenters. The van der Waals surface area contributed by atoms with Crippen LogP contribution in [0.5, 0.6) is 0 Å². The fraction of sp³-hybridized carbons (Fsp3) is 0.250. The summed E-state index contributed by atoms with van der Waals surface area (Å²) < 4.78 is 4.93. The first-order valence-electron chi connectivity index (χ1n) is 5.31. The average Bonchev–Trinajstić information content (AvgIpc) is 2.29. The summed E-state index contributed by atoms with van der Waals surface area (Å²) in [5.41, 5.74) is 1.04. The summed E-state index contributed by atoms with van der Waals surface area (Å²) in [4.78, 5) is 11.7. The van der Waals surface area contributed by atoms with Gasteiger partial charge in [0.25, 0.3) is 0 Å². The molecule has 0 saturated carbocycles. The summed E-state index contributed by atoms with van der Waals surface area (Å²) in [5.74, 6) is -0.452. The SMILES string of the molecule is CCOC(=O)C1=Cc2cc(Cl)cc(Cl)c2NC1Cl. The van der Waals surface area contributed by atoms with E-state index in [1.807, 2.05) is 0 Å². The predicted octanol–water partition coefficient (Wildman–Crippen LogP) is 3.93. The number of esters is 1. The lowest BCUT2D eigenvalue weighted by Crippen LogP contribution is -2.26. The van der Waals surface area contributed by atoms with Crippen molar-refractivity contribution in [1.82, 2.24) is 0 Å². The van der Waals surface area contributed by atoms with Crippen LogP contribution in [0.25, 0.3) is 6.08 Å². The van der Waals surface area contributed by atoms with Crippen LogP contribution in [-0.2, 0) is 9.53 Å². The molecule has 0 radical (unpaired) electrons. The van der Waals surface area contributed by atoms with Crippen molar-refractivity contribution in [2.75, 3.05) is 11.9 Å². The first kappa shape index (κ1) is 13.5. The Labute approximate surface area is 120 Å². The van der Waals surface area contributed by atoms with E-state index in [-0.39, 0.29) is 0 Å². The molecule has 3 nitrogen and oxygen atoms in total. The zero-order chi connectivity index (χ0) is 13.3. The Morgan fingerprint density at radius 3 is 2.83 bits per heavy atom. The number of halogens is 3. The third kappa shape index (κ3) is 2.58. The molecule has 0 fully saturated rings. The lowest BCUT2D eigenvalue weighted by Gasteiger charge is -2.23. The number of carbonyl (C=O) groups is 1. The summed E-state index contributed by atoms with van der Waals surface area (Å²) >= 11 is 18.0. The van der Waals surface area contributed by atoms with Gasteiger partial charge in [0, 0.05) is 10.6 Å². The maximum atomic E-state index is 11.7. The number of hydrogen-bond donors (Lipinski definition) is 1. The summed E-state index contributed by atoms with van der Waals surface area (Å²) in [7, 11) is 0. The highest BCUT2D eigenvalue weighted by Gasteiger charge is 2.26. The van der Waals surface area contributed by atoms with Crippen molar-refractivity contribution >= 4 is 52.5 Å². The molecule has 2 rings (SSSR count). The molecule has 6 heteroatoms.